The summed E-state index contributed by atoms with van der Waals surface area (Å²) in [6.45, 7) is 3.80. The van der Waals surface area contributed by atoms with E-state index in [1.807, 2.05) is 6.07 Å². The van der Waals surface area contributed by atoms with Gasteiger partial charge in [-0.05, 0) is 42.8 Å². The Balaban J connectivity index is 2.18. The quantitative estimate of drug-likeness (QED) is 0.767. The smallest absolute Gasteiger partial charge is 0.219 e. The molecule has 2 aromatic rings. The van der Waals surface area contributed by atoms with Crippen molar-refractivity contribution in [3.05, 3.63) is 60.1 Å². The Bertz CT molecular complexity index is 453. The van der Waals surface area contributed by atoms with E-state index < -0.39 is 0 Å². The highest BCUT2D eigenvalue weighted by Gasteiger charge is 1.98. The number of rotatable bonds is 2. The summed E-state index contributed by atoms with van der Waals surface area (Å²) in [5, 5.41) is 0.682. The van der Waals surface area contributed by atoms with E-state index in [4.69, 9.17) is 16.3 Å². The van der Waals surface area contributed by atoms with Crippen LogP contribution in [0.15, 0.2) is 42.6 Å². The SMILES string of the molecule is [CH2]c1ccnc(Oc2ccc(Cl)cc2)c1. The van der Waals surface area contributed by atoms with Crippen LogP contribution in [0.2, 0.25) is 5.02 Å². The predicted octanol–water partition coefficient (Wildman–Crippen LogP) is 3.71. The van der Waals surface area contributed by atoms with Crippen molar-refractivity contribution in [1.29, 1.82) is 0 Å². The summed E-state index contributed by atoms with van der Waals surface area (Å²) in [6, 6.07) is 10.7. The lowest BCUT2D eigenvalue weighted by Crippen LogP contribution is -1.87. The molecule has 0 unspecified atom stereocenters. The maximum Gasteiger partial charge on any atom is 0.219 e. The van der Waals surface area contributed by atoms with Crippen molar-refractivity contribution in [1.82, 2.24) is 4.98 Å². The van der Waals surface area contributed by atoms with E-state index in [0.717, 1.165) is 5.56 Å². The van der Waals surface area contributed by atoms with Crippen LogP contribution in [-0.2, 0) is 0 Å². The lowest BCUT2D eigenvalue weighted by atomic mass is 10.3. The molecule has 1 aromatic carbocycles. The van der Waals surface area contributed by atoms with Gasteiger partial charge in [-0.2, -0.15) is 0 Å². The van der Waals surface area contributed by atoms with Crippen LogP contribution in [0, 0.1) is 6.92 Å². The molecule has 15 heavy (non-hydrogen) atoms. The summed E-state index contributed by atoms with van der Waals surface area (Å²) in [7, 11) is 0. The molecule has 75 valence electrons. The monoisotopic (exact) mass is 218 g/mol. The van der Waals surface area contributed by atoms with Gasteiger partial charge < -0.3 is 4.74 Å². The second-order valence-electron chi connectivity index (χ2n) is 3.06. The van der Waals surface area contributed by atoms with Crippen LogP contribution in [0.25, 0.3) is 0 Å². The van der Waals surface area contributed by atoms with Gasteiger partial charge in [0.25, 0.3) is 0 Å². The third-order valence-electron chi connectivity index (χ3n) is 1.84. The van der Waals surface area contributed by atoms with E-state index in [1.165, 1.54) is 0 Å². The van der Waals surface area contributed by atoms with Crippen LogP contribution in [-0.4, -0.2) is 4.98 Å². The Hall–Kier alpha value is -1.54. The van der Waals surface area contributed by atoms with Crippen molar-refractivity contribution in [2.45, 2.75) is 0 Å². The second-order valence-corrected chi connectivity index (χ2v) is 3.49. The molecule has 2 rings (SSSR count). The van der Waals surface area contributed by atoms with Crippen molar-refractivity contribution >= 4 is 11.6 Å². The Labute approximate surface area is 93.5 Å². The highest BCUT2D eigenvalue weighted by Crippen LogP contribution is 2.21. The number of benzene rings is 1. The Morgan fingerprint density at radius 2 is 1.87 bits per heavy atom. The minimum atomic E-state index is 0.532. The lowest BCUT2D eigenvalue weighted by molar-refractivity contribution is 0.463. The first-order chi connectivity index (χ1) is 7.24. The minimum Gasteiger partial charge on any atom is -0.439 e. The number of nitrogens with zero attached hydrogens (tertiary/aromatic N) is 1. The van der Waals surface area contributed by atoms with Gasteiger partial charge in [-0.25, -0.2) is 4.98 Å². The van der Waals surface area contributed by atoms with E-state index in [9.17, 15) is 0 Å². The zero-order valence-electron chi connectivity index (χ0n) is 7.98. The molecule has 1 aromatic heterocycles. The molecule has 0 fully saturated rings. The van der Waals surface area contributed by atoms with E-state index >= 15 is 0 Å². The van der Waals surface area contributed by atoms with Gasteiger partial charge in [0.05, 0.1) is 0 Å². The summed E-state index contributed by atoms with van der Waals surface area (Å²) in [5.74, 6) is 1.24. The molecule has 0 aliphatic rings. The molecule has 0 spiro atoms. The number of hydrogen-bond donors (Lipinski definition) is 0. The van der Waals surface area contributed by atoms with E-state index in [1.54, 1.807) is 36.5 Å². The van der Waals surface area contributed by atoms with E-state index in [0.29, 0.717) is 16.7 Å². The van der Waals surface area contributed by atoms with Crippen LogP contribution >= 0.6 is 11.6 Å². The molecule has 0 bridgehead atoms. The summed E-state index contributed by atoms with van der Waals surface area (Å²) in [4.78, 5) is 4.06. The molecule has 0 aliphatic carbocycles. The standard InChI is InChI=1S/C12H9ClNO/c1-9-6-7-14-12(8-9)15-11-4-2-10(13)3-5-11/h2-8H,1H2. The van der Waals surface area contributed by atoms with Crippen LogP contribution in [0.4, 0.5) is 0 Å². The Kier molecular flexibility index (Phi) is 2.88. The van der Waals surface area contributed by atoms with Gasteiger partial charge in [0.1, 0.15) is 5.75 Å². The first-order valence-electron chi connectivity index (χ1n) is 4.45. The molecule has 3 heteroatoms. The third kappa shape index (κ3) is 2.70. The predicted molar refractivity (Wildman–Crippen MR) is 60.2 cm³/mol. The van der Waals surface area contributed by atoms with Crippen molar-refractivity contribution in [3.63, 3.8) is 0 Å². The summed E-state index contributed by atoms with van der Waals surface area (Å²) < 4.78 is 5.50. The van der Waals surface area contributed by atoms with Gasteiger partial charge in [0.15, 0.2) is 0 Å². The van der Waals surface area contributed by atoms with Crippen molar-refractivity contribution < 1.29 is 4.74 Å². The second kappa shape index (κ2) is 4.32. The number of hydrogen-bond acceptors (Lipinski definition) is 2. The fourth-order valence-corrected chi connectivity index (χ4v) is 1.26. The molecular weight excluding hydrogens is 210 g/mol. The van der Waals surface area contributed by atoms with Gasteiger partial charge in [-0.1, -0.05) is 11.6 Å². The van der Waals surface area contributed by atoms with Gasteiger partial charge in [-0.3, -0.25) is 0 Å². The molecule has 0 aliphatic heterocycles. The first-order valence-corrected chi connectivity index (χ1v) is 4.83. The third-order valence-corrected chi connectivity index (χ3v) is 2.09. The molecule has 0 atom stereocenters. The average Bonchev–Trinajstić information content (AvgIpc) is 2.22. The topological polar surface area (TPSA) is 22.1 Å². The molecule has 2 nitrogen and oxygen atoms in total. The van der Waals surface area contributed by atoms with E-state index in [-0.39, 0.29) is 0 Å². The average molecular weight is 219 g/mol. The normalized spacial score (nSPS) is 10.0. The molecule has 0 saturated heterocycles. The maximum absolute atomic E-state index is 5.76. The summed E-state index contributed by atoms with van der Waals surface area (Å²) in [6.07, 6.45) is 1.66. The Morgan fingerprint density at radius 1 is 1.13 bits per heavy atom. The van der Waals surface area contributed by atoms with Gasteiger partial charge >= 0.3 is 0 Å². The van der Waals surface area contributed by atoms with E-state index in [2.05, 4.69) is 11.9 Å². The first kappa shape index (κ1) is 9.99. The number of halogens is 1. The number of pyridine rings is 1. The molecular formula is C12H9ClNO. The van der Waals surface area contributed by atoms with Crippen molar-refractivity contribution in [2.75, 3.05) is 0 Å². The van der Waals surface area contributed by atoms with Gasteiger partial charge in [-0.15, -0.1) is 0 Å². The summed E-state index contributed by atoms with van der Waals surface area (Å²) >= 11 is 5.76. The molecule has 0 N–H and O–H groups in total. The molecule has 1 radical (unpaired) electrons. The zero-order valence-corrected chi connectivity index (χ0v) is 8.74. The van der Waals surface area contributed by atoms with Crippen LogP contribution in [0.3, 0.4) is 0 Å². The molecule has 1 heterocycles. The van der Waals surface area contributed by atoms with Gasteiger partial charge in [0, 0.05) is 17.3 Å². The van der Waals surface area contributed by atoms with Crippen molar-refractivity contribution in [2.24, 2.45) is 0 Å². The number of ether oxygens (including phenoxy) is 1. The maximum atomic E-state index is 5.76. The fraction of sp³-hybridized carbons (Fsp3) is 0. The lowest BCUT2D eigenvalue weighted by Gasteiger charge is -2.04. The zero-order chi connectivity index (χ0) is 10.7. The molecule has 0 saturated carbocycles. The fourth-order valence-electron chi connectivity index (χ4n) is 1.13. The summed E-state index contributed by atoms with van der Waals surface area (Å²) in [5.41, 5.74) is 0.869. The van der Waals surface area contributed by atoms with Gasteiger partial charge in [0.2, 0.25) is 5.88 Å². The Morgan fingerprint density at radius 3 is 2.53 bits per heavy atom. The largest absolute Gasteiger partial charge is 0.439 e. The van der Waals surface area contributed by atoms with Crippen LogP contribution in [0.5, 0.6) is 11.6 Å². The highest BCUT2D eigenvalue weighted by atomic mass is 35.5. The van der Waals surface area contributed by atoms with Crippen LogP contribution < -0.4 is 4.74 Å². The molecule has 0 amide bonds. The van der Waals surface area contributed by atoms with Crippen molar-refractivity contribution in [3.8, 4) is 11.6 Å². The highest BCUT2D eigenvalue weighted by molar-refractivity contribution is 6.30. The minimum absolute atomic E-state index is 0.532. The number of aromatic nitrogens is 1. The van der Waals surface area contributed by atoms with Crippen LogP contribution in [0.1, 0.15) is 5.56 Å².